The van der Waals surface area contributed by atoms with Crippen molar-refractivity contribution >= 4 is 17.5 Å². The minimum atomic E-state index is -0.576. The first kappa shape index (κ1) is 26.0. The maximum absolute atomic E-state index is 13.7. The Labute approximate surface area is 227 Å². The Bertz CT molecular complexity index is 1540. The number of fused-ring (bicyclic) bond motifs is 1. The molecule has 0 saturated carbocycles. The number of amides is 1. The highest BCUT2D eigenvalue weighted by atomic mass is 16.5. The summed E-state index contributed by atoms with van der Waals surface area (Å²) in [4.78, 5) is 22.6. The average molecular weight is 525 g/mol. The highest BCUT2D eigenvalue weighted by Gasteiger charge is 2.35. The molecule has 5 rings (SSSR count). The number of allylic oxidation sites excluding steroid dienone is 1. The largest absolute Gasteiger partial charge is 0.493 e. The van der Waals surface area contributed by atoms with Crippen LogP contribution in [0.1, 0.15) is 44.9 Å². The van der Waals surface area contributed by atoms with Crippen LogP contribution in [0.15, 0.2) is 78.3 Å². The van der Waals surface area contributed by atoms with Gasteiger partial charge < -0.3 is 20.1 Å². The Balaban J connectivity index is 1.60. The van der Waals surface area contributed by atoms with Crippen LogP contribution in [0.2, 0.25) is 0 Å². The average Bonchev–Trinajstić information content (AvgIpc) is 3.35. The SMILES string of the molecule is COc1ccc(C2C(C(=O)Nc3cccnc3)=C(C)Nc3nc(-c4ccc(C(C)(C)C)cc4)nn32)cc1OC. The zero-order chi connectivity index (χ0) is 27.7. The molecule has 2 aromatic heterocycles. The number of hydrogen-bond donors (Lipinski definition) is 2. The van der Waals surface area contributed by atoms with E-state index in [1.54, 1.807) is 43.4 Å². The molecule has 4 aromatic rings. The van der Waals surface area contributed by atoms with Gasteiger partial charge in [-0.25, -0.2) is 4.68 Å². The van der Waals surface area contributed by atoms with Crippen LogP contribution in [0.4, 0.5) is 11.6 Å². The van der Waals surface area contributed by atoms with Crippen LogP contribution >= 0.6 is 0 Å². The Morgan fingerprint density at radius 3 is 2.41 bits per heavy atom. The third kappa shape index (κ3) is 5.07. The maximum atomic E-state index is 13.7. The van der Waals surface area contributed by atoms with Crippen molar-refractivity contribution in [1.82, 2.24) is 19.7 Å². The van der Waals surface area contributed by atoms with Gasteiger partial charge in [-0.05, 0) is 47.7 Å². The first-order valence-electron chi connectivity index (χ1n) is 12.7. The van der Waals surface area contributed by atoms with E-state index < -0.39 is 6.04 Å². The molecule has 1 aliphatic rings. The zero-order valence-electron chi connectivity index (χ0n) is 22.9. The fourth-order valence-corrected chi connectivity index (χ4v) is 4.65. The van der Waals surface area contributed by atoms with Crippen LogP contribution < -0.4 is 20.1 Å². The second-order valence-corrected chi connectivity index (χ2v) is 10.4. The Morgan fingerprint density at radius 2 is 1.77 bits per heavy atom. The van der Waals surface area contributed by atoms with E-state index in [0.29, 0.717) is 40.2 Å². The summed E-state index contributed by atoms with van der Waals surface area (Å²) in [6.07, 6.45) is 3.27. The van der Waals surface area contributed by atoms with Crippen molar-refractivity contribution in [1.29, 1.82) is 0 Å². The molecule has 1 aliphatic heterocycles. The number of nitrogens with zero attached hydrogens (tertiary/aromatic N) is 4. The van der Waals surface area contributed by atoms with Gasteiger partial charge in [0.2, 0.25) is 5.95 Å². The number of rotatable bonds is 6. The van der Waals surface area contributed by atoms with Crippen molar-refractivity contribution < 1.29 is 14.3 Å². The molecule has 0 saturated heterocycles. The third-order valence-corrected chi connectivity index (χ3v) is 6.75. The molecular formula is C30H32N6O3. The third-order valence-electron chi connectivity index (χ3n) is 6.75. The van der Waals surface area contributed by atoms with Crippen LogP contribution in [-0.4, -0.2) is 39.9 Å². The van der Waals surface area contributed by atoms with Crippen LogP contribution in [-0.2, 0) is 10.2 Å². The number of anilines is 2. The zero-order valence-corrected chi connectivity index (χ0v) is 22.9. The standard InChI is InChI=1S/C30H32N6O3/c1-18-25(28(37)33-22-8-7-15-31-17-22)26(20-11-14-23(38-5)24(16-20)39-6)36-29(32-18)34-27(35-36)19-9-12-21(13-10-19)30(2,3)4/h7-17,26H,1-6H3,(H,33,37)(H,32,34,35). The molecular weight excluding hydrogens is 492 g/mol. The maximum Gasteiger partial charge on any atom is 0.255 e. The molecule has 1 amide bonds. The van der Waals surface area contributed by atoms with Crippen LogP contribution in [0.5, 0.6) is 11.5 Å². The monoisotopic (exact) mass is 524 g/mol. The van der Waals surface area contributed by atoms with Crippen molar-refractivity contribution in [2.24, 2.45) is 0 Å². The molecule has 0 aliphatic carbocycles. The second-order valence-electron chi connectivity index (χ2n) is 10.4. The van der Waals surface area contributed by atoms with Crippen molar-refractivity contribution in [3.8, 4) is 22.9 Å². The number of nitrogens with one attached hydrogen (secondary N) is 2. The predicted octanol–water partition coefficient (Wildman–Crippen LogP) is 5.58. The lowest BCUT2D eigenvalue weighted by Crippen LogP contribution is -2.31. The number of aromatic nitrogens is 4. The molecule has 2 aromatic carbocycles. The van der Waals surface area contributed by atoms with E-state index in [2.05, 4.69) is 48.5 Å². The number of carbonyl (C=O) groups excluding carboxylic acids is 1. The number of ether oxygens (including phenoxy) is 2. The summed E-state index contributed by atoms with van der Waals surface area (Å²) in [5.41, 5.74) is 4.71. The van der Waals surface area contributed by atoms with Gasteiger partial charge in [0.25, 0.3) is 5.91 Å². The summed E-state index contributed by atoms with van der Waals surface area (Å²) < 4.78 is 12.8. The molecule has 0 bridgehead atoms. The molecule has 3 heterocycles. The lowest BCUT2D eigenvalue weighted by atomic mass is 9.87. The van der Waals surface area contributed by atoms with E-state index in [1.165, 1.54) is 5.56 Å². The lowest BCUT2D eigenvalue weighted by Gasteiger charge is -2.29. The fourth-order valence-electron chi connectivity index (χ4n) is 4.65. The van der Waals surface area contributed by atoms with Crippen molar-refractivity contribution in [3.63, 3.8) is 0 Å². The number of methoxy groups -OCH3 is 2. The van der Waals surface area contributed by atoms with E-state index in [0.717, 1.165) is 11.1 Å². The van der Waals surface area contributed by atoms with Gasteiger partial charge in [-0.3, -0.25) is 9.78 Å². The minimum absolute atomic E-state index is 0.0387. The molecule has 9 nitrogen and oxygen atoms in total. The molecule has 2 N–H and O–H groups in total. The molecule has 0 spiro atoms. The number of carbonyl (C=O) groups is 1. The molecule has 200 valence electrons. The Hall–Kier alpha value is -4.66. The van der Waals surface area contributed by atoms with Crippen molar-refractivity contribution in [2.75, 3.05) is 24.9 Å². The summed E-state index contributed by atoms with van der Waals surface area (Å²) in [6, 6.07) is 16.9. The van der Waals surface area contributed by atoms with Gasteiger partial charge in [0.15, 0.2) is 17.3 Å². The minimum Gasteiger partial charge on any atom is -0.493 e. The summed E-state index contributed by atoms with van der Waals surface area (Å²) in [5.74, 6) is 1.98. The smallest absolute Gasteiger partial charge is 0.255 e. The summed E-state index contributed by atoms with van der Waals surface area (Å²) in [5, 5.41) is 11.1. The number of hydrogen-bond acceptors (Lipinski definition) is 7. The van der Waals surface area contributed by atoms with Gasteiger partial charge in [0.05, 0.1) is 31.7 Å². The molecule has 0 radical (unpaired) electrons. The van der Waals surface area contributed by atoms with Gasteiger partial charge >= 0.3 is 0 Å². The molecule has 0 fully saturated rings. The van der Waals surface area contributed by atoms with E-state index >= 15 is 0 Å². The molecule has 9 heteroatoms. The quantitative estimate of drug-likeness (QED) is 0.339. The summed E-state index contributed by atoms with van der Waals surface area (Å²) in [6.45, 7) is 8.40. The fraction of sp³-hybridized carbons (Fsp3) is 0.267. The van der Waals surface area contributed by atoms with Gasteiger partial charge in [-0.15, -0.1) is 5.10 Å². The van der Waals surface area contributed by atoms with Crippen LogP contribution in [0.3, 0.4) is 0 Å². The normalized spacial score (nSPS) is 14.9. The van der Waals surface area contributed by atoms with Crippen LogP contribution in [0, 0.1) is 0 Å². The first-order chi connectivity index (χ1) is 18.7. The lowest BCUT2D eigenvalue weighted by molar-refractivity contribution is -0.113. The molecule has 39 heavy (non-hydrogen) atoms. The van der Waals surface area contributed by atoms with Gasteiger partial charge in [0.1, 0.15) is 6.04 Å². The van der Waals surface area contributed by atoms with E-state index in [9.17, 15) is 4.79 Å². The number of pyridine rings is 1. The first-order valence-corrected chi connectivity index (χ1v) is 12.7. The summed E-state index contributed by atoms with van der Waals surface area (Å²) in [7, 11) is 3.17. The van der Waals surface area contributed by atoms with E-state index in [-0.39, 0.29) is 11.3 Å². The molecule has 1 unspecified atom stereocenters. The van der Waals surface area contributed by atoms with Gasteiger partial charge in [0, 0.05) is 17.5 Å². The van der Waals surface area contributed by atoms with Gasteiger partial charge in [-0.2, -0.15) is 4.98 Å². The predicted molar refractivity (Wildman–Crippen MR) is 151 cm³/mol. The number of benzene rings is 2. The second kappa shape index (κ2) is 10.2. The highest BCUT2D eigenvalue weighted by molar-refractivity contribution is 6.06. The Kier molecular flexibility index (Phi) is 6.82. The molecule has 1 atom stereocenters. The van der Waals surface area contributed by atoms with Crippen LogP contribution in [0.25, 0.3) is 11.4 Å². The topological polar surface area (TPSA) is 103 Å². The highest BCUT2D eigenvalue weighted by Crippen LogP contribution is 2.40. The van der Waals surface area contributed by atoms with Crippen molar-refractivity contribution in [2.45, 2.75) is 39.2 Å². The van der Waals surface area contributed by atoms with E-state index in [4.69, 9.17) is 19.6 Å². The summed E-state index contributed by atoms with van der Waals surface area (Å²) >= 11 is 0. The van der Waals surface area contributed by atoms with Crippen molar-refractivity contribution in [3.05, 3.63) is 89.4 Å². The Morgan fingerprint density at radius 1 is 1.03 bits per heavy atom. The van der Waals surface area contributed by atoms with Gasteiger partial charge in [-0.1, -0.05) is 51.1 Å². The van der Waals surface area contributed by atoms with E-state index in [1.807, 2.05) is 37.3 Å².